The number of fused-ring (bicyclic) bond motifs is 4. The molecular weight excluding hydrogens is 522 g/mol. The van der Waals surface area contributed by atoms with Gasteiger partial charge in [-0.3, -0.25) is 14.3 Å². The second-order valence-corrected chi connectivity index (χ2v) is 11.1. The molecule has 2 atom stereocenters. The molecule has 0 aliphatic heterocycles. The highest BCUT2D eigenvalue weighted by atomic mass is 19.1. The zero-order valence-corrected chi connectivity index (χ0v) is 21.9. The summed E-state index contributed by atoms with van der Waals surface area (Å²) in [6, 6.07) is 0.760. The van der Waals surface area contributed by atoms with Gasteiger partial charge in [0, 0.05) is 34.9 Å². The van der Waals surface area contributed by atoms with Crippen LogP contribution in [0.2, 0.25) is 0 Å². The molecule has 7 rings (SSSR count). The fourth-order valence-electron chi connectivity index (χ4n) is 6.05. The monoisotopic (exact) mass is 550 g/mol. The molecule has 4 aromatic rings. The lowest BCUT2D eigenvalue weighted by Crippen LogP contribution is -2.51. The molecule has 0 radical (unpaired) electrons. The highest BCUT2D eigenvalue weighted by molar-refractivity contribution is 5.92. The van der Waals surface area contributed by atoms with Crippen molar-refractivity contribution in [2.75, 3.05) is 5.32 Å². The maximum absolute atomic E-state index is 16.2. The largest absolute Gasteiger partial charge is 0.481 e. The predicted molar refractivity (Wildman–Crippen MR) is 141 cm³/mol. The summed E-state index contributed by atoms with van der Waals surface area (Å²) in [4.78, 5) is 40.2. The van der Waals surface area contributed by atoms with Crippen LogP contribution in [0, 0.1) is 29.4 Å². The summed E-state index contributed by atoms with van der Waals surface area (Å²) in [6.45, 7) is 3.16. The number of carbonyl (C=O) groups is 2. The molecule has 1 amide bonds. The molecule has 208 valence electrons. The first-order valence-electron chi connectivity index (χ1n) is 13.1. The number of hydrogen-bond acceptors (Lipinski definition) is 7. The molecule has 13 heteroatoms. The van der Waals surface area contributed by atoms with Gasteiger partial charge in [-0.1, -0.05) is 0 Å². The number of primary amides is 1. The second kappa shape index (κ2) is 9.35. The number of rotatable bonds is 7. The summed E-state index contributed by atoms with van der Waals surface area (Å²) in [5.74, 6) is -3.63. The zero-order valence-electron chi connectivity index (χ0n) is 21.9. The van der Waals surface area contributed by atoms with Gasteiger partial charge in [0.15, 0.2) is 17.5 Å². The number of carboxylic acids is 1. The Kier molecular flexibility index (Phi) is 6.04. The number of pyridine rings is 1. The van der Waals surface area contributed by atoms with E-state index < -0.39 is 41.0 Å². The van der Waals surface area contributed by atoms with Crippen LogP contribution in [-0.2, 0) is 15.1 Å². The van der Waals surface area contributed by atoms with Crippen molar-refractivity contribution in [3.05, 3.63) is 42.5 Å². The molecule has 3 aliphatic rings. The van der Waals surface area contributed by atoms with Gasteiger partial charge in [-0.05, 0) is 57.4 Å². The number of aromatic amines is 1. The number of anilines is 1. The molecule has 0 spiro atoms. The number of aromatic nitrogens is 6. The highest BCUT2D eigenvalue weighted by Crippen LogP contribution is 2.46. The summed E-state index contributed by atoms with van der Waals surface area (Å²) < 4.78 is 31.6. The average molecular weight is 551 g/mol. The fourth-order valence-corrected chi connectivity index (χ4v) is 6.05. The summed E-state index contributed by atoms with van der Waals surface area (Å²) in [5.41, 5.74) is 5.25. The van der Waals surface area contributed by atoms with Crippen LogP contribution in [0.1, 0.15) is 39.5 Å². The van der Waals surface area contributed by atoms with E-state index >= 15 is 4.39 Å². The van der Waals surface area contributed by atoms with E-state index in [0.717, 1.165) is 31.9 Å². The summed E-state index contributed by atoms with van der Waals surface area (Å²) >= 11 is 0. The Morgan fingerprint density at radius 3 is 2.58 bits per heavy atom. The number of nitrogens with one attached hydrogen (secondary N) is 2. The number of H-pyrrole nitrogens is 1. The first kappa shape index (κ1) is 25.8. The number of nitrogens with two attached hydrogens (primary N) is 1. The molecule has 5 N–H and O–H groups in total. The van der Waals surface area contributed by atoms with Crippen molar-refractivity contribution >= 4 is 28.7 Å². The number of carboxylic acid groups (broad SMARTS) is 1. The molecule has 4 aromatic heterocycles. The average Bonchev–Trinajstić information content (AvgIpc) is 3.58. The summed E-state index contributed by atoms with van der Waals surface area (Å²) in [5, 5.41) is 17.8. The van der Waals surface area contributed by atoms with Crippen LogP contribution in [0.5, 0.6) is 0 Å². The van der Waals surface area contributed by atoms with Gasteiger partial charge in [-0.2, -0.15) is 5.10 Å². The molecular formula is C27H28F2N8O3. The maximum atomic E-state index is 16.2. The number of aliphatic carboxylic acids is 1. The van der Waals surface area contributed by atoms with Gasteiger partial charge in [0.2, 0.25) is 5.91 Å². The zero-order chi connectivity index (χ0) is 28.3. The van der Waals surface area contributed by atoms with Crippen molar-refractivity contribution in [2.24, 2.45) is 23.5 Å². The van der Waals surface area contributed by atoms with Crippen molar-refractivity contribution in [3.8, 4) is 22.6 Å². The number of nitrogens with zero attached hydrogens (tertiary/aromatic N) is 5. The molecule has 3 fully saturated rings. The molecule has 3 aliphatic carbocycles. The van der Waals surface area contributed by atoms with Crippen molar-refractivity contribution in [2.45, 2.75) is 51.1 Å². The number of hydrogen-bond donors (Lipinski definition) is 4. The van der Waals surface area contributed by atoms with Crippen LogP contribution >= 0.6 is 0 Å². The van der Waals surface area contributed by atoms with Crippen molar-refractivity contribution in [1.82, 2.24) is 29.7 Å². The van der Waals surface area contributed by atoms with E-state index in [9.17, 15) is 19.1 Å². The Morgan fingerprint density at radius 1 is 1.15 bits per heavy atom. The van der Waals surface area contributed by atoms with E-state index in [1.165, 1.54) is 23.1 Å². The van der Waals surface area contributed by atoms with Crippen molar-refractivity contribution in [3.63, 3.8) is 0 Å². The van der Waals surface area contributed by atoms with Crippen molar-refractivity contribution in [1.29, 1.82) is 0 Å². The molecule has 2 bridgehead atoms. The van der Waals surface area contributed by atoms with E-state index in [-0.39, 0.29) is 34.7 Å². The Balaban J connectivity index is 1.50. The van der Waals surface area contributed by atoms with Gasteiger partial charge in [-0.15, -0.1) is 0 Å². The molecule has 0 saturated heterocycles. The minimum absolute atomic E-state index is 0.000712. The topological polar surface area (TPSA) is 165 Å². The van der Waals surface area contributed by atoms with Crippen LogP contribution in [0.15, 0.2) is 30.9 Å². The quantitative estimate of drug-likeness (QED) is 0.271. The number of halogens is 2. The van der Waals surface area contributed by atoms with Gasteiger partial charge in [0.05, 0.1) is 18.3 Å². The van der Waals surface area contributed by atoms with E-state index in [1.807, 2.05) is 0 Å². The third kappa shape index (κ3) is 4.16. The summed E-state index contributed by atoms with van der Waals surface area (Å²) in [7, 11) is 0. The van der Waals surface area contributed by atoms with Gasteiger partial charge in [-0.25, -0.2) is 23.7 Å². The maximum Gasteiger partial charge on any atom is 0.308 e. The Hall–Kier alpha value is -4.42. The van der Waals surface area contributed by atoms with Gasteiger partial charge in [0.1, 0.15) is 22.7 Å². The lowest BCUT2D eigenvalue weighted by Gasteiger charge is -2.47. The van der Waals surface area contributed by atoms with E-state index in [2.05, 4.69) is 30.4 Å². The standard InChI is InChI=1S/C27H28F2N8O3/c1-27(2,26(30)40)37-11-14(8-33-37)21-19(29)24(34-20-13-5-3-12(4-6-13)18(20)25(38)39)36-23(35-21)17-10-32-22-16(17)7-15(28)9-31-22/h7-13,18,20H,3-6H2,1-2H3,(H2,30,40)(H,31,32)(H,38,39)(H,34,35,36)/t12?,13?,18-,20-/m0/s1. The molecule has 0 aromatic carbocycles. The smallest absolute Gasteiger partial charge is 0.308 e. The van der Waals surface area contributed by atoms with Crippen LogP contribution in [0.3, 0.4) is 0 Å². The van der Waals surface area contributed by atoms with E-state index in [1.54, 1.807) is 20.0 Å². The fraction of sp³-hybridized carbons (Fsp3) is 0.407. The van der Waals surface area contributed by atoms with Crippen molar-refractivity contribution < 1.29 is 23.5 Å². The molecule has 40 heavy (non-hydrogen) atoms. The molecule has 4 heterocycles. The van der Waals surface area contributed by atoms with E-state index in [4.69, 9.17) is 5.73 Å². The molecule has 0 unspecified atom stereocenters. The second-order valence-electron chi connectivity index (χ2n) is 11.1. The Bertz CT molecular complexity index is 1640. The SMILES string of the molecule is CC(C)(C(N)=O)n1cc(-c2nc(-c3c[nH]c4ncc(F)cc34)nc(N[C@H]3C4CCC(CC4)[C@@H]3C(=O)O)c2F)cn1. The number of amides is 1. The first-order valence-corrected chi connectivity index (χ1v) is 13.1. The summed E-state index contributed by atoms with van der Waals surface area (Å²) in [6.07, 6.45) is 8.80. The van der Waals surface area contributed by atoms with Gasteiger partial charge >= 0.3 is 5.97 Å². The Morgan fingerprint density at radius 2 is 1.88 bits per heavy atom. The highest BCUT2D eigenvalue weighted by Gasteiger charge is 2.47. The predicted octanol–water partition coefficient (Wildman–Crippen LogP) is 3.68. The van der Waals surface area contributed by atoms with Crippen LogP contribution < -0.4 is 11.1 Å². The first-order chi connectivity index (χ1) is 19.0. The third-order valence-electron chi connectivity index (χ3n) is 8.43. The third-order valence-corrected chi connectivity index (χ3v) is 8.43. The van der Waals surface area contributed by atoms with Gasteiger partial charge < -0.3 is 21.1 Å². The van der Waals surface area contributed by atoms with Crippen LogP contribution in [0.4, 0.5) is 14.6 Å². The van der Waals surface area contributed by atoms with E-state index in [0.29, 0.717) is 16.6 Å². The minimum atomic E-state index is -1.19. The van der Waals surface area contributed by atoms with Gasteiger partial charge in [0.25, 0.3) is 0 Å². The molecule has 3 saturated carbocycles. The lowest BCUT2D eigenvalue weighted by molar-refractivity contribution is -0.148. The van der Waals surface area contributed by atoms with Crippen LogP contribution in [0.25, 0.3) is 33.7 Å². The number of carbonyl (C=O) groups excluding carboxylic acids is 1. The Labute approximate surface area is 227 Å². The molecule has 11 nitrogen and oxygen atoms in total. The van der Waals surface area contributed by atoms with Crippen LogP contribution in [-0.4, -0.2) is 52.7 Å². The normalized spacial score (nSPS) is 22.5. The lowest BCUT2D eigenvalue weighted by atomic mass is 9.61. The minimum Gasteiger partial charge on any atom is -0.481 e.